The number of benzene rings is 2. The van der Waals surface area contributed by atoms with Crippen molar-refractivity contribution in [3.05, 3.63) is 63.2 Å². The molecule has 172 valence electrons. The summed E-state index contributed by atoms with van der Waals surface area (Å²) in [6, 6.07) is 8.44. The fraction of sp³-hybridized carbons (Fsp3) is 0.435. The van der Waals surface area contributed by atoms with Gasteiger partial charge < -0.3 is 10.2 Å². The minimum atomic E-state index is -4.65. The van der Waals surface area contributed by atoms with Crippen molar-refractivity contribution in [1.29, 1.82) is 0 Å². The Morgan fingerprint density at radius 1 is 1.19 bits per heavy atom. The second kappa shape index (κ2) is 9.18. The quantitative estimate of drug-likeness (QED) is 0.455. The van der Waals surface area contributed by atoms with Gasteiger partial charge in [0.1, 0.15) is 5.69 Å². The van der Waals surface area contributed by atoms with Crippen molar-refractivity contribution in [3.63, 3.8) is 0 Å². The van der Waals surface area contributed by atoms with Gasteiger partial charge in [-0.2, -0.15) is 13.2 Å². The van der Waals surface area contributed by atoms with E-state index in [1.165, 1.54) is 0 Å². The minimum absolute atomic E-state index is 0.109. The smallest absolute Gasteiger partial charge is 0.366 e. The van der Waals surface area contributed by atoms with Crippen LogP contribution >= 0.6 is 0 Å². The number of alkyl halides is 3. The zero-order valence-electron chi connectivity index (χ0n) is 18.2. The lowest BCUT2D eigenvalue weighted by Gasteiger charge is -2.33. The standard InChI is InChI=1S/C23H26F3N3O3/c1-14(2)18-6-4-5-15(3)21(18)27-22(30)16-9-11-28(12-10-16)19-8-7-17(23(24,25)26)13-20(19)29(31)32/h4-8,13-14,16H,9-12H2,1-3H3,(H,27,30). The number of rotatable bonds is 5. The Balaban J connectivity index is 1.72. The van der Waals surface area contributed by atoms with Crippen LogP contribution < -0.4 is 10.2 Å². The van der Waals surface area contributed by atoms with Gasteiger partial charge in [-0.15, -0.1) is 0 Å². The van der Waals surface area contributed by atoms with E-state index in [0.29, 0.717) is 32.0 Å². The van der Waals surface area contributed by atoms with Gasteiger partial charge in [0, 0.05) is 30.8 Å². The number of piperidine rings is 1. The van der Waals surface area contributed by atoms with Crippen LogP contribution in [-0.2, 0) is 11.0 Å². The highest BCUT2D eigenvalue weighted by atomic mass is 19.4. The maximum atomic E-state index is 13.0. The number of hydrogen-bond donors (Lipinski definition) is 1. The largest absolute Gasteiger partial charge is 0.416 e. The minimum Gasteiger partial charge on any atom is -0.366 e. The van der Waals surface area contributed by atoms with Crippen molar-refractivity contribution in [2.45, 2.75) is 45.7 Å². The second-order valence-electron chi connectivity index (χ2n) is 8.40. The van der Waals surface area contributed by atoms with Crippen LogP contribution in [0.1, 0.15) is 49.3 Å². The summed E-state index contributed by atoms with van der Waals surface area (Å²) in [5.74, 6) is -0.144. The zero-order chi connectivity index (χ0) is 23.6. The fourth-order valence-corrected chi connectivity index (χ4v) is 4.06. The van der Waals surface area contributed by atoms with Gasteiger partial charge in [-0.3, -0.25) is 14.9 Å². The highest BCUT2D eigenvalue weighted by Gasteiger charge is 2.35. The van der Waals surface area contributed by atoms with E-state index in [2.05, 4.69) is 19.2 Å². The number of carbonyl (C=O) groups excluding carboxylic acids is 1. The van der Waals surface area contributed by atoms with Gasteiger partial charge in [0.15, 0.2) is 0 Å². The van der Waals surface area contributed by atoms with Gasteiger partial charge in [0.2, 0.25) is 5.91 Å². The topological polar surface area (TPSA) is 75.5 Å². The monoisotopic (exact) mass is 449 g/mol. The Morgan fingerprint density at radius 3 is 2.41 bits per heavy atom. The lowest BCUT2D eigenvalue weighted by Crippen LogP contribution is -2.38. The number of nitrogens with zero attached hydrogens (tertiary/aromatic N) is 2. The lowest BCUT2D eigenvalue weighted by molar-refractivity contribution is -0.384. The first-order valence-corrected chi connectivity index (χ1v) is 10.5. The molecule has 3 rings (SSSR count). The van der Waals surface area contributed by atoms with Crippen molar-refractivity contribution in [3.8, 4) is 0 Å². The molecule has 6 nitrogen and oxygen atoms in total. The number of aryl methyl sites for hydroxylation is 1. The van der Waals surface area contributed by atoms with Crippen molar-refractivity contribution >= 4 is 23.0 Å². The molecule has 0 spiro atoms. The maximum Gasteiger partial charge on any atom is 0.416 e. The number of halogens is 3. The number of hydrogen-bond acceptors (Lipinski definition) is 4. The molecule has 2 aromatic rings. The highest BCUT2D eigenvalue weighted by Crippen LogP contribution is 2.38. The molecule has 1 saturated heterocycles. The van der Waals surface area contributed by atoms with Gasteiger partial charge in [-0.1, -0.05) is 32.0 Å². The highest BCUT2D eigenvalue weighted by molar-refractivity contribution is 5.94. The second-order valence-corrected chi connectivity index (χ2v) is 8.40. The molecule has 2 aromatic carbocycles. The van der Waals surface area contributed by atoms with Crippen LogP contribution in [0.2, 0.25) is 0 Å². The molecule has 0 atom stereocenters. The summed E-state index contributed by atoms with van der Waals surface area (Å²) < 4.78 is 38.9. The number of nitrogens with one attached hydrogen (secondary N) is 1. The number of carbonyl (C=O) groups is 1. The predicted octanol–water partition coefficient (Wildman–Crippen LogP) is 5.90. The molecular weight excluding hydrogens is 423 g/mol. The first-order valence-electron chi connectivity index (χ1n) is 10.5. The number of nitro benzene ring substituents is 1. The molecule has 0 saturated carbocycles. The molecule has 0 aromatic heterocycles. The molecule has 1 heterocycles. The zero-order valence-corrected chi connectivity index (χ0v) is 18.2. The van der Waals surface area contributed by atoms with E-state index in [1.54, 1.807) is 4.90 Å². The molecule has 1 aliphatic rings. The summed E-state index contributed by atoms with van der Waals surface area (Å²) >= 11 is 0. The summed E-state index contributed by atoms with van der Waals surface area (Å²) in [5.41, 5.74) is 1.35. The molecule has 0 unspecified atom stereocenters. The third-order valence-electron chi connectivity index (χ3n) is 5.88. The first kappa shape index (κ1) is 23.6. The van der Waals surface area contributed by atoms with Gasteiger partial charge in [0.05, 0.1) is 10.5 Å². The van der Waals surface area contributed by atoms with E-state index in [-0.39, 0.29) is 23.4 Å². The van der Waals surface area contributed by atoms with E-state index in [0.717, 1.165) is 28.9 Å². The van der Waals surface area contributed by atoms with Gasteiger partial charge in [0.25, 0.3) is 5.69 Å². The van der Waals surface area contributed by atoms with Crippen molar-refractivity contribution in [1.82, 2.24) is 0 Å². The average molecular weight is 449 g/mol. The van der Waals surface area contributed by atoms with E-state index in [4.69, 9.17) is 0 Å². The normalized spacial score (nSPS) is 15.2. The molecule has 0 aliphatic carbocycles. The van der Waals surface area contributed by atoms with Crippen molar-refractivity contribution in [2.24, 2.45) is 5.92 Å². The summed E-state index contributed by atoms with van der Waals surface area (Å²) in [4.78, 5) is 25.2. The van der Waals surface area contributed by atoms with Crippen molar-refractivity contribution in [2.75, 3.05) is 23.3 Å². The predicted molar refractivity (Wildman–Crippen MR) is 117 cm³/mol. The van der Waals surface area contributed by atoms with E-state index in [1.807, 2.05) is 25.1 Å². The molecule has 1 fully saturated rings. The summed E-state index contributed by atoms with van der Waals surface area (Å²) in [7, 11) is 0. The van der Waals surface area contributed by atoms with E-state index < -0.39 is 22.4 Å². The summed E-state index contributed by atoms with van der Waals surface area (Å²) in [6.45, 7) is 6.73. The molecule has 1 amide bonds. The fourth-order valence-electron chi connectivity index (χ4n) is 4.06. The van der Waals surface area contributed by atoms with Crippen LogP contribution in [0, 0.1) is 23.0 Å². The molecule has 0 radical (unpaired) electrons. The molecule has 9 heteroatoms. The number of anilines is 2. The van der Waals surface area contributed by atoms with Gasteiger partial charge in [-0.05, 0) is 48.9 Å². The van der Waals surface area contributed by atoms with E-state index >= 15 is 0 Å². The summed E-state index contributed by atoms with van der Waals surface area (Å²) in [6.07, 6.45) is -3.75. The summed E-state index contributed by atoms with van der Waals surface area (Å²) in [5, 5.41) is 14.4. The van der Waals surface area contributed by atoms with Gasteiger partial charge >= 0.3 is 6.18 Å². The Kier molecular flexibility index (Phi) is 6.76. The van der Waals surface area contributed by atoms with Crippen LogP contribution in [0.15, 0.2) is 36.4 Å². The molecule has 0 bridgehead atoms. The average Bonchev–Trinajstić information content (AvgIpc) is 2.74. The van der Waals surface area contributed by atoms with E-state index in [9.17, 15) is 28.1 Å². The molecule has 1 aliphatic heterocycles. The maximum absolute atomic E-state index is 13.0. The van der Waals surface area contributed by atoms with Crippen LogP contribution in [0.25, 0.3) is 0 Å². The third-order valence-corrected chi connectivity index (χ3v) is 5.88. The molecular formula is C23H26F3N3O3. The number of amides is 1. The Labute approximate surface area is 184 Å². The Hall–Kier alpha value is -3.10. The number of nitro groups is 1. The van der Waals surface area contributed by atoms with Crippen LogP contribution in [0.4, 0.5) is 30.2 Å². The molecule has 32 heavy (non-hydrogen) atoms. The van der Waals surface area contributed by atoms with Crippen molar-refractivity contribution < 1.29 is 22.9 Å². The lowest BCUT2D eigenvalue weighted by atomic mass is 9.93. The Morgan fingerprint density at radius 2 is 1.84 bits per heavy atom. The number of para-hydroxylation sites is 1. The van der Waals surface area contributed by atoms with Crippen LogP contribution in [-0.4, -0.2) is 23.9 Å². The first-order chi connectivity index (χ1) is 15.0. The molecule has 1 N–H and O–H groups in total. The van der Waals surface area contributed by atoms with Crippen LogP contribution in [0.3, 0.4) is 0 Å². The Bertz CT molecular complexity index is 1010. The third kappa shape index (κ3) is 5.03. The van der Waals surface area contributed by atoms with Crippen LogP contribution in [0.5, 0.6) is 0 Å². The van der Waals surface area contributed by atoms with Gasteiger partial charge in [-0.25, -0.2) is 0 Å². The SMILES string of the molecule is Cc1cccc(C(C)C)c1NC(=O)C1CCN(c2ccc(C(F)(F)F)cc2[N+](=O)[O-])CC1.